The summed E-state index contributed by atoms with van der Waals surface area (Å²) in [6, 6.07) is 0. The summed E-state index contributed by atoms with van der Waals surface area (Å²) in [6.45, 7) is 11.8. The molecule has 0 spiro atoms. The second-order valence-corrected chi connectivity index (χ2v) is 6.11. The molecule has 0 aromatic carbocycles. The monoisotopic (exact) mass is 226 g/mol. The quantitative estimate of drug-likeness (QED) is 0.397. The Kier molecular flexibility index (Phi) is 10.2. The average molecular weight is 226 g/mol. The third-order valence-electron chi connectivity index (χ3n) is 4.03. The Balaban J connectivity index is 3.21. The van der Waals surface area contributed by atoms with Crippen LogP contribution in [0.1, 0.15) is 86.0 Å². The van der Waals surface area contributed by atoms with Gasteiger partial charge in [-0.05, 0) is 17.8 Å². The fraction of sp³-hybridized carbons (Fsp3) is 1.00. The first kappa shape index (κ1) is 16.0. The molecule has 0 rings (SSSR count). The van der Waals surface area contributed by atoms with Crippen molar-refractivity contribution in [3.8, 4) is 0 Å². The summed E-state index contributed by atoms with van der Waals surface area (Å²) in [6.07, 6.45) is 11.5. The van der Waals surface area contributed by atoms with E-state index >= 15 is 0 Å². The lowest BCUT2D eigenvalue weighted by Gasteiger charge is -2.15. The van der Waals surface area contributed by atoms with Gasteiger partial charge < -0.3 is 0 Å². The molecular formula is C16H34. The Morgan fingerprint density at radius 1 is 0.688 bits per heavy atom. The molecule has 0 radical (unpaired) electrons. The zero-order valence-electron chi connectivity index (χ0n) is 12.4. The van der Waals surface area contributed by atoms with Crippen molar-refractivity contribution in [3.63, 3.8) is 0 Å². The van der Waals surface area contributed by atoms with Crippen LogP contribution >= 0.6 is 0 Å². The van der Waals surface area contributed by atoms with Gasteiger partial charge in [-0.3, -0.25) is 0 Å². The van der Waals surface area contributed by atoms with Gasteiger partial charge in [-0.2, -0.15) is 0 Å². The lowest BCUT2D eigenvalue weighted by molar-refractivity contribution is 0.371. The van der Waals surface area contributed by atoms with Crippen LogP contribution in [0, 0.1) is 17.8 Å². The molecular weight excluding hydrogens is 192 g/mol. The van der Waals surface area contributed by atoms with Crippen molar-refractivity contribution < 1.29 is 0 Å². The van der Waals surface area contributed by atoms with Gasteiger partial charge in [0, 0.05) is 0 Å². The van der Waals surface area contributed by atoms with Crippen LogP contribution in [0.25, 0.3) is 0 Å². The predicted molar refractivity (Wildman–Crippen MR) is 75.8 cm³/mol. The van der Waals surface area contributed by atoms with Gasteiger partial charge in [-0.1, -0.05) is 86.0 Å². The predicted octanol–water partition coefficient (Wildman–Crippen LogP) is 6.06. The normalized spacial score (nSPS) is 15.4. The van der Waals surface area contributed by atoms with E-state index in [2.05, 4.69) is 34.6 Å². The summed E-state index contributed by atoms with van der Waals surface area (Å²) in [5.74, 6) is 2.74. The highest BCUT2D eigenvalue weighted by Crippen LogP contribution is 2.19. The van der Waals surface area contributed by atoms with Crippen molar-refractivity contribution in [2.45, 2.75) is 86.0 Å². The molecule has 0 aliphatic rings. The molecule has 0 aliphatic heterocycles. The lowest BCUT2D eigenvalue weighted by atomic mass is 9.91. The van der Waals surface area contributed by atoms with Gasteiger partial charge in [0.1, 0.15) is 0 Å². The van der Waals surface area contributed by atoms with E-state index in [-0.39, 0.29) is 0 Å². The van der Waals surface area contributed by atoms with Crippen molar-refractivity contribution in [2.75, 3.05) is 0 Å². The second-order valence-electron chi connectivity index (χ2n) is 6.11. The third kappa shape index (κ3) is 9.24. The van der Waals surface area contributed by atoms with E-state index in [1.54, 1.807) is 0 Å². The molecule has 0 heteroatoms. The highest BCUT2D eigenvalue weighted by molar-refractivity contribution is 4.58. The van der Waals surface area contributed by atoms with Gasteiger partial charge in [0.25, 0.3) is 0 Å². The number of hydrogen-bond acceptors (Lipinski definition) is 0. The van der Waals surface area contributed by atoms with Gasteiger partial charge in [0.05, 0.1) is 0 Å². The molecule has 16 heavy (non-hydrogen) atoms. The van der Waals surface area contributed by atoms with E-state index in [9.17, 15) is 0 Å². The van der Waals surface area contributed by atoms with Gasteiger partial charge >= 0.3 is 0 Å². The van der Waals surface area contributed by atoms with Crippen molar-refractivity contribution in [3.05, 3.63) is 0 Å². The van der Waals surface area contributed by atoms with Gasteiger partial charge in [0.2, 0.25) is 0 Å². The molecule has 0 N–H and O–H groups in total. The van der Waals surface area contributed by atoms with E-state index < -0.39 is 0 Å². The summed E-state index contributed by atoms with van der Waals surface area (Å²) < 4.78 is 0. The first-order valence-corrected chi connectivity index (χ1v) is 7.57. The maximum atomic E-state index is 2.41. The Labute approximate surface area is 104 Å². The molecule has 0 saturated carbocycles. The summed E-state index contributed by atoms with van der Waals surface area (Å²) in [5, 5.41) is 0. The van der Waals surface area contributed by atoms with Crippen LogP contribution in [-0.4, -0.2) is 0 Å². The Hall–Kier alpha value is 0. The smallest absolute Gasteiger partial charge is 0.0420 e. The minimum Gasteiger partial charge on any atom is -0.0654 e. The molecule has 0 saturated heterocycles. The fourth-order valence-corrected chi connectivity index (χ4v) is 2.28. The standard InChI is InChI=1S/C16H34/c1-6-11-15(4)12-9-7-8-10-13-16(5)14(2)3/h14-16H,6-13H2,1-5H3. The van der Waals surface area contributed by atoms with Crippen LogP contribution in [-0.2, 0) is 0 Å². The molecule has 0 amide bonds. The van der Waals surface area contributed by atoms with Crippen molar-refractivity contribution in [1.82, 2.24) is 0 Å². The van der Waals surface area contributed by atoms with Crippen LogP contribution in [0.4, 0.5) is 0 Å². The molecule has 0 bridgehead atoms. The van der Waals surface area contributed by atoms with Gasteiger partial charge in [-0.25, -0.2) is 0 Å². The second kappa shape index (κ2) is 10.2. The zero-order valence-corrected chi connectivity index (χ0v) is 12.4. The number of unbranched alkanes of at least 4 members (excludes halogenated alkanes) is 3. The maximum Gasteiger partial charge on any atom is -0.0420 e. The topological polar surface area (TPSA) is 0 Å². The average Bonchev–Trinajstić information content (AvgIpc) is 2.23. The molecule has 0 aromatic rings. The molecule has 0 heterocycles. The Morgan fingerprint density at radius 3 is 1.75 bits per heavy atom. The van der Waals surface area contributed by atoms with E-state index in [0.29, 0.717) is 0 Å². The van der Waals surface area contributed by atoms with E-state index in [1.807, 2.05) is 0 Å². The minimum atomic E-state index is 0.865. The van der Waals surface area contributed by atoms with E-state index in [4.69, 9.17) is 0 Å². The van der Waals surface area contributed by atoms with Crippen LogP contribution in [0.3, 0.4) is 0 Å². The zero-order chi connectivity index (χ0) is 12.4. The Morgan fingerprint density at radius 2 is 1.25 bits per heavy atom. The van der Waals surface area contributed by atoms with Gasteiger partial charge in [0.15, 0.2) is 0 Å². The first-order valence-electron chi connectivity index (χ1n) is 7.57. The van der Waals surface area contributed by atoms with E-state index in [1.165, 1.54) is 51.4 Å². The molecule has 98 valence electrons. The highest BCUT2D eigenvalue weighted by atomic mass is 14.1. The molecule has 0 aromatic heterocycles. The molecule has 0 fully saturated rings. The van der Waals surface area contributed by atoms with E-state index in [0.717, 1.165) is 17.8 Å². The van der Waals surface area contributed by atoms with Crippen LogP contribution in [0.5, 0.6) is 0 Å². The SMILES string of the molecule is CCCC(C)CCCCCCC(C)C(C)C. The first-order chi connectivity index (χ1) is 7.57. The molecule has 2 atom stereocenters. The van der Waals surface area contributed by atoms with Crippen LogP contribution in [0.15, 0.2) is 0 Å². The molecule has 0 nitrogen and oxygen atoms in total. The van der Waals surface area contributed by atoms with Crippen molar-refractivity contribution >= 4 is 0 Å². The number of rotatable bonds is 10. The fourth-order valence-electron chi connectivity index (χ4n) is 2.28. The largest absolute Gasteiger partial charge is 0.0654 e. The van der Waals surface area contributed by atoms with Crippen molar-refractivity contribution in [2.24, 2.45) is 17.8 Å². The highest BCUT2D eigenvalue weighted by Gasteiger charge is 2.06. The number of hydrogen-bond donors (Lipinski definition) is 0. The summed E-state index contributed by atoms with van der Waals surface area (Å²) in [4.78, 5) is 0. The van der Waals surface area contributed by atoms with Crippen molar-refractivity contribution in [1.29, 1.82) is 0 Å². The Bertz CT molecular complexity index is 137. The third-order valence-corrected chi connectivity index (χ3v) is 4.03. The van der Waals surface area contributed by atoms with Crippen LogP contribution in [0.2, 0.25) is 0 Å². The maximum absolute atomic E-state index is 2.41. The van der Waals surface area contributed by atoms with Gasteiger partial charge in [-0.15, -0.1) is 0 Å². The summed E-state index contributed by atoms with van der Waals surface area (Å²) in [7, 11) is 0. The summed E-state index contributed by atoms with van der Waals surface area (Å²) in [5.41, 5.74) is 0. The molecule has 0 aliphatic carbocycles. The molecule has 2 unspecified atom stereocenters. The summed E-state index contributed by atoms with van der Waals surface area (Å²) >= 11 is 0. The lowest BCUT2D eigenvalue weighted by Crippen LogP contribution is -2.03. The van der Waals surface area contributed by atoms with Crippen LogP contribution < -0.4 is 0 Å². The minimum absolute atomic E-state index is 0.865.